The Morgan fingerprint density at radius 1 is 1.21 bits per heavy atom. The smallest absolute Gasteiger partial charge is 0.414 e. The van der Waals surface area contributed by atoms with Gasteiger partial charge in [-0.1, -0.05) is 6.07 Å². The van der Waals surface area contributed by atoms with Gasteiger partial charge in [-0.2, -0.15) is 13.2 Å². The highest BCUT2D eigenvalue weighted by Crippen LogP contribution is 2.36. The Balaban J connectivity index is 2.28. The molecule has 0 saturated carbocycles. The molecular formula is C12H14F3NO3. The summed E-state index contributed by atoms with van der Waals surface area (Å²) >= 11 is 0. The van der Waals surface area contributed by atoms with Crippen LogP contribution in [0.15, 0.2) is 18.2 Å². The van der Waals surface area contributed by atoms with Gasteiger partial charge in [0.25, 0.3) is 0 Å². The fourth-order valence-electron chi connectivity index (χ4n) is 1.97. The molecule has 0 bridgehead atoms. The van der Waals surface area contributed by atoms with Gasteiger partial charge >= 0.3 is 6.18 Å². The third kappa shape index (κ3) is 2.93. The van der Waals surface area contributed by atoms with Gasteiger partial charge in [0.15, 0.2) is 17.6 Å². The van der Waals surface area contributed by atoms with Crippen LogP contribution in [0.1, 0.15) is 11.5 Å². The number of rotatable bonds is 3. The monoisotopic (exact) mass is 277 g/mol. The fraction of sp³-hybridized carbons (Fsp3) is 0.500. The van der Waals surface area contributed by atoms with E-state index in [2.05, 4.69) is 0 Å². The number of hydrogen-bond donors (Lipinski definition) is 2. The molecule has 1 aromatic rings. The van der Waals surface area contributed by atoms with Gasteiger partial charge in [-0.3, -0.25) is 0 Å². The molecule has 0 radical (unpaired) electrons. The SMILES string of the molecule is NCC(c1ccc2c(c1)OCCO2)C(O)C(F)(F)F. The van der Waals surface area contributed by atoms with Crippen LogP contribution in [0.2, 0.25) is 0 Å². The second-order valence-electron chi connectivity index (χ2n) is 4.23. The highest BCUT2D eigenvalue weighted by Gasteiger charge is 2.43. The van der Waals surface area contributed by atoms with Gasteiger partial charge in [-0.25, -0.2) is 0 Å². The highest BCUT2D eigenvalue weighted by molar-refractivity contribution is 5.45. The van der Waals surface area contributed by atoms with Gasteiger partial charge in [0.2, 0.25) is 0 Å². The zero-order valence-electron chi connectivity index (χ0n) is 9.98. The lowest BCUT2D eigenvalue weighted by molar-refractivity contribution is -0.210. The van der Waals surface area contributed by atoms with E-state index in [1.807, 2.05) is 0 Å². The van der Waals surface area contributed by atoms with Crippen molar-refractivity contribution in [2.45, 2.75) is 18.2 Å². The molecule has 1 aliphatic rings. The summed E-state index contributed by atoms with van der Waals surface area (Å²) in [5.74, 6) is -0.375. The number of aliphatic hydroxyl groups excluding tert-OH is 1. The van der Waals surface area contributed by atoms with Gasteiger partial charge in [0.05, 0.1) is 0 Å². The summed E-state index contributed by atoms with van der Waals surface area (Å²) in [4.78, 5) is 0. The molecule has 0 spiro atoms. The summed E-state index contributed by atoms with van der Waals surface area (Å²) < 4.78 is 48.2. The number of fused-ring (bicyclic) bond motifs is 1. The molecule has 1 heterocycles. The first-order chi connectivity index (χ1) is 8.93. The molecule has 0 aromatic heterocycles. The molecule has 19 heavy (non-hydrogen) atoms. The molecule has 3 N–H and O–H groups in total. The number of hydrogen-bond acceptors (Lipinski definition) is 4. The molecular weight excluding hydrogens is 263 g/mol. The van der Waals surface area contributed by atoms with Crippen molar-refractivity contribution in [3.8, 4) is 11.5 Å². The molecule has 0 aliphatic carbocycles. The molecule has 0 saturated heterocycles. The van der Waals surface area contributed by atoms with Crippen molar-refractivity contribution >= 4 is 0 Å². The molecule has 7 heteroatoms. The first-order valence-corrected chi connectivity index (χ1v) is 5.78. The maximum atomic E-state index is 12.5. The number of aliphatic hydroxyl groups is 1. The van der Waals surface area contributed by atoms with E-state index in [0.29, 0.717) is 24.7 Å². The van der Waals surface area contributed by atoms with E-state index in [-0.39, 0.29) is 12.1 Å². The van der Waals surface area contributed by atoms with E-state index in [4.69, 9.17) is 15.2 Å². The van der Waals surface area contributed by atoms with Crippen LogP contribution < -0.4 is 15.2 Å². The predicted octanol–water partition coefficient (Wildman–Crippen LogP) is 1.42. The van der Waals surface area contributed by atoms with Crippen LogP contribution in [-0.2, 0) is 0 Å². The maximum absolute atomic E-state index is 12.5. The number of alkyl halides is 3. The highest BCUT2D eigenvalue weighted by atomic mass is 19.4. The Morgan fingerprint density at radius 3 is 2.42 bits per heavy atom. The van der Waals surface area contributed by atoms with E-state index in [9.17, 15) is 18.3 Å². The van der Waals surface area contributed by atoms with Crippen molar-refractivity contribution in [1.29, 1.82) is 0 Å². The average molecular weight is 277 g/mol. The molecule has 2 rings (SSSR count). The fourth-order valence-corrected chi connectivity index (χ4v) is 1.97. The first-order valence-electron chi connectivity index (χ1n) is 5.78. The van der Waals surface area contributed by atoms with E-state index in [1.54, 1.807) is 0 Å². The first kappa shape index (κ1) is 14.0. The van der Waals surface area contributed by atoms with Crippen LogP contribution in [0, 0.1) is 0 Å². The molecule has 2 unspecified atom stereocenters. The van der Waals surface area contributed by atoms with E-state index < -0.39 is 18.2 Å². The number of benzene rings is 1. The third-order valence-electron chi connectivity index (χ3n) is 2.96. The Labute approximate surface area is 107 Å². The molecule has 0 amide bonds. The van der Waals surface area contributed by atoms with Gasteiger partial charge in [-0.15, -0.1) is 0 Å². The second-order valence-corrected chi connectivity index (χ2v) is 4.23. The summed E-state index contributed by atoms with van der Waals surface area (Å²) in [6, 6.07) is 4.41. The normalized spacial score (nSPS) is 17.9. The molecule has 4 nitrogen and oxygen atoms in total. The average Bonchev–Trinajstić information content (AvgIpc) is 2.38. The van der Waals surface area contributed by atoms with E-state index in [1.165, 1.54) is 18.2 Å². The molecule has 106 valence electrons. The largest absolute Gasteiger partial charge is 0.486 e. The lowest BCUT2D eigenvalue weighted by Gasteiger charge is -2.25. The topological polar surface area (TPSA) is 64.7 Å². The van der Waals surface area contributed by atoms with Crippen LogP contribution in [0.3, 0.4) is 0 Å². The second kappa shape index (κ2) is 5.26. The van der Waals surface area contributed by atoms with Crippen LogP contribution in [0.25, 0.3) is 0 Å². The minimum atomic E-state index is -4.71. The Kier molecular flexibility index (Phi) is 3.86. The molecule has 2 atom stereocenters. The number of ether oxygens (including phenoxy) is 2. The Hall–Kier alpha value is -1.47. The van der Waals surface area contributed by atoms with Gasteiger partial charge in [-0.05, 0) is 17.7 Å². The lowest BCUT2D eigenvalue weighted by Crippen LogP contribution is -2.38. The number of nitrogens with two attached hydrogens (primary N) is 1. The molecule has 0 fully saturated rings. The van der Waals surface area contributed by atoms with Crippen molar-refractivity contribution in [2.24, 2.45) is 5.73 Å². The van der Waals surface area contributed by atoms with Gasteiger partial charge in [0, 0.05) is 12.5 Å². The predicted molar refractivity (Wildman–Crippen MR) is 61.3 cm³/mol. The van der Waals surface area contributed by atoms with Crippen LogP contribution in [-0.4, -0.2) is 37.1 Å². The zero-order valence-corrected chi connectivity index (χ0v) is 9.98. The summed E-state index contributed by atoms with van der Waals surface area (Å²) in [6.45, 7) is 0.420. The van der Waals surface area contributed by atoms with Crippen molar-refractivity contribution in [2.75, 3.05) is 19.8 Å². The third-order valence-corrected chi connectivity index (χ3v) is 2.96. The Morgan fingerprint density at radius 2 is 1.84 bits per heavy atom. The van der Waals surface area contributed by atoms with Crippen LogP contribution in [0.5, 0.6) is 11.5 Å². The quantitative estimate of drug-likeness (QED) is 0.877. The molecule has 1 aliphatic heterocycles. The zero-order chi connectivity index (χ0) is 14.0. The van der Waals surface area contributed by atoms with Crippen LogP contribution >= 0.6 is 0 Å². The van der Waals surface area contributed by atoms with Crippen molar-refractivity contribution < 1.29 is 27.8 Å². The van der Waals surface area contributed by atoms with Gasteiger partial charge < -0.3 is 20.3 Å². The molecule has 1 aromatic carbocycles. The minimum Gasteiger partial charge on any atom is -0.486 e. The van der Waals surface area contributed by atoms with E-state index >= 15 is 0 Å². The van der Waals surface area contributed by atoms with Gasteiger partial charge in [0.1, 0.15) is 13.2 Å². The van der Waals surface area contributed by atoms with Crippen molar-refractivity contribution in [1.82, 2.24) is 0 Å². The summed E-state index contributed by atoms with van der Waals surface area (Å²) in [6.07, 6.45) is -7.21. The standard InChI is InChI=1S/C12H14F3NO3/c13-12(14,15)11(17)8(6-16)7-1-2-9-10(5-7)19-4-3-18-9/h1-2,5,8,11,17H,3-4,6,16H2. The Bertz CT molecular complexity index is 450. The van der Waals surface area contributed by atoms with Crippen LogP contribution in [0.4, 0.5) is 13.2 Å². The summed E-state index contributed by atoms with van der Waals surface area (Å²) in [7, 11) is 0. The van der Waals surface area contributed by atoms with E-state index in [0.717, 1.165) is 0 Å². The maximum Gasteiger partial charge on any atom is 0.414 e. The lowest BCUT2D eigenvalue weighted by atomic mass is 9.92. The summed E-state index contributed by atoms with van der Waals surface area (Å²) in [5, 5.41) is 9.33. The summed E-state index contributed by atoms with van der Waals surface area (Å²) in [5.41, 5.74) is 5.62. The minimum absolute atomic E-state index is 0.275. The van der Waals surface area contributed by atoms with Crippen molar-refractivity contribution in [3.05, 3.63) is 23.8 Å². The van der Waals surface area contributed by atoms with Crippen molar-refractivity contribution in [3.63, 3.8) is 0 Å². The number of halogens is 3.